The van der Waals surface area contributed by atoms with Gasteiger partial charge in [0, 0.05) is 25.2 Å². The van der Waals surface area contributed by atoms with E-state index >= 15 is 0 Å². The molecule has 0 radical (unpaired) electrons. The van der Waals surface area contributed by atoms with Crippen LogP contribution in [0.2, 0.25) is 0 Å². The van der Waals surface area contributed by atoms with Crippen LogP contribution in [-0.2, 0) is 16.6 Å². The Bertz CT molecular complexity index is 1050. The summed E-state index contributed by atoms with van der Waals surface area (Å²) in [4.78, 5) is 24.1. The molecule has 1 aliphatic rings. The summed E-state index contributed by atoms with van der Waals surface area (Å²) in [5.41, 5.74) is 6.97. The molecule has 2 aromatic rings. The Hall–Kier alpha value is -2.91. The van der Waals surface area contributed by atoms with Crippen molar-refractivity contribution in [3.05, 3.63) is 65.2 Å². The van der Waals surface area contributed by atoms with Crippen LogP contribution in [0.15, 0.2) is 48.5 Å². The Balaban J connectivity index is 1.53. The van der Waals surface area contributed by atoms with Gasteiger partial charge in [0.2, 0.25) is 10.0 Å². The average molecular weight is 446 g/mol. The van der Waals surface area contributed by atoms with Gasteiger partial charge in [-0.05, 0) is 48.6 Å². The number of rotatable bonds is 8. The molecular weight excluding hydrogens is 418 g/mol. The Morgan fingerprint density at radius 3 is 2.52 bits per heavy atom. The Morgan fingerprint density at radius 1 is 1.13 bits per heavy atom. The summed E-state index contributed by atoms with van der Waals surface area (Å²) in [6.07, 6.45) is 2.67. The highest BCUT2D eigenvalue weighted by atomic mass is 32.2. The maximum atomic E-state index is 12.6. The van der Waals surface area contributed by atoms with Crippen LogP contribution in [0.4, 0.5) is 0 Å². The van der Waals surface area contributed by atoms with Crippen LogP contribution in [0.5, 0.6) is 5.75 Å². The van der Waals surface area contributed by atoms with E-state index in [0.29, 0.717) is 36.5 Å². The van der Waals surface area contributed by atoms with Crippen molar-refractivity contribution in [1.29, 1.82) is 0 Å². The number of benzene rings is 2. The number of para-hydroxylation sites is 1. The number of carbonyl (C=O) groups excluding carboxylic acids is 2. The summed E-state index contributed by atoms with van der Waals surface area (Å²) in [7, 11) is -3.15. The van der Waals surface area contributed by atoms with Crippen LogP contribution < -0.4 is 15.8 Å². The minimum absolute atomic E-state index is 0.190. The normalized spacial score (nSPS) is 15.4. The minimum Gasteiger partial charge on any atom is -0.488 e. The second-order valence-corrected chi connectivity index (χ2v) is 9.65. The maximum Gasteiger partial charge on any atom is 0.252 e. The number of amides is 2. The third-order valence-corrected chi connectivity index (χ3v) is 6.63. The molecule has 9 heteroatoms. The van der Waals surface area contributed by atoms with Crippen molar-refractivity contribution in [2.45, 2.75) is 19.4 Å². The third-order valence-electron chi connectivity index (χ3n) is 5.33. The summed E-state index contributed by atoms with van der Waals surface area (Å²) in [6, 6.07) is 13.8. The fraction of sp³-hybridized carbons (Fsp3) is 0.364. The van der Waals surface area contributed by atoms with E-state index in [9.17, 15) is 18.0 Å². The van der Waals surface area contributed by atoms with Gasteiger partial charge in [-0.2, -0.15) is 0 Å². The number of nitrogens with two attached hydrogens (primary N) is 1. The van der Waals surface area contributed by atoms with Crippen LogP contribution in [0.25, 0.3) is 0 Å². The monoisotopic (exact) mass is 445 g/mol. The zero-order valence-corrected chi connectivity index (χ0v) is 18.2. The lowest BCUT2D eigenvalue weighted by Gasteiger charge is -2.30. The maximum absolute atomic E-state index is 12.6. The largest absolute Gasteiger partial charge is 0.488 e. The van der Waals surface area contributed by atoms with Crippen LogP contribution >= 0.6 is 0 Å². The van der Waals surface area contributed by atoms with E-state index in [1.165, 1.54) is 10.6 Å². The van der Waals surface area contributed by atoms with Crippen molar-refractivity contribution < 1.29 is 22.7 Å². The van der Waals surface area contributed by atoms with E-state index in [0.717, 1.165) is 18.4 Å². The highest BCUT2D eigenvalue weighted by Crippen LogP contribution is 2.20. The summed E-state index contributed by atoms with van der Waals surface area (Å²) < 4.78 is 30.4. The standard InChI is InChI=1S/C22H27N3O5S/c1-31(28,29)25-11-9-16(10-12-25)14-24-22(27)18-6-4-5-17(13-18)15-30-20-8-3-2-7-19(20)21(23)26/h2-8,13,16H,9-12,14-15H2,1H3,(H2,23,26)(H,24,27). The van der Waals surface area contributed by atoms with Gasteiger partial charge in [0.25, 0.3) is 11.8 Å². The average Bonchev–Trinajstić information content (AvgIpc) is 2.76. The minimum atomic E-state index is -3.15. The molecule has 0 aliphatic carbocycles. The lowest BCUT2D eigenvalue weighted by Crippen LogP contribution is -2.41. The van der Waals surface area contributed by atoms with E-state index in [2.05, 4.69) is 5.32 Å². The highest BCUT2D eigenvalue weighted by molar-refractivity contribution is 7.88. The highest BCUT2D eigenvalue weighted by Gasteiger charge is 2.25. The van der Waals surface area contributed by atoms with Crippen LogP contribution in [-0.4, -0.2) is 50.4 Å². The van der Waals surface area contributed by atoms with Gasteiger partial charge >= 0.3 is 0 Å². The molecular formula is C22H27N3O5S. The molecule has 1 saturated heterocycles. The zero-order valence-electron chi connectivity index (χ0n) is 17.4. The lowest BCUT2D eigenvalue weighted by atomic mass is 9.98. The first-order chi connectivity index (χ1) is 14.7. The number of sulfonamides is 1. The first kappa shape index (κ1) is 22.8. The predicted octanol–water partition coefficient (Wildman–Crippen LogP) is 1.77. The molecule has 0 spiro atoms. The van der Waals surface area contributed by atoms with Crippen molar-refractivity contribution in [2.75, 3.05) is 25.9 Å². The quantitative estimate of drug-likeness (QED) is 0.642. The number of hydrogen-bond acceptors (Lipinski definition) is 5. The number of nitrogens with one attached hydrogen (secondary N) is 1. The summed E-state index contributed by atoms with van der Waals surface area (Å²) >= 11 is 0. The summed E-state index contributed by atoms with van der Waals surface area (Å²) in [5, 5.41) is 2.94. The number of piperidine rings is 1. The van der Waals surface area contributed by atoms with E-state index in [-0.39, 0.29) is 18.4 Å². The van der Waals surface area contributed by atoms with E-state index < -0.39 is 15.9 Å². The molecule has 1 aliphatic heterocycles. The first-order valence-electron chi connectivity index (χ1n) is 10.1. The van der Waals surface area contributed by atoms with E-state index in [1.807, 2.05) is 6.07 Å². The molecule has 166 valence electrons. The second kappa shape index (κ2) is 9.93. The Labute approximate surface area is 182 Å². The molecule has 3 N–H and O–H groups in total. The molecule has 0 saturated carbocycles. The number of ether oxygens (including phenoxy) is 1. The third kappa shape index (κ3) is 6.28. The first-order valence-corrected chi connectivity index (χ1v) is 11.9. The molecule has 1 fully saturated rings. The van der Waals surface area contributed by atoms with Gasteiger partial charge in [-0.3, -0.25) is 9.59 Å². The molecule has 8 nitrogen and oxygen atoms in total. The smallest absolute Gasteiger partial charge is 0.252 e. The Morgan fingerprint density at radius 2 is 1.84 bits per heavy atom. The van der Waals surface area contributed by atoms with E-state index in [4.69, 9.17) is 10.5 Å². The lowest BCUT2D eigenvalue weighted by molar-refractivity contribution is 0.0940. The molecule has 3 rings (SSSR count). The fourth-order valence-electron chi connectivity index (χ4n) is 3.54. The van der Waals surface area contributed by atoms with E-state index in [1.54, 1.807) is 42.5 Å². The number of primary amides is 1. The predicted molar refractivity (Wildman–Crippen MR) is 117 cm³/mol. The molecule has 2 amide bonds. The fourth-order valence-corrected chi connectivity index (χ4v) is 4.42. The van der Waals surface area contributed by atoms with Gasteiger partial charge in [0.1, 0.15) is 12.4 Å². The Kier molecular flexibility index (Phi) is 7.29. The van der Waals surface area contributed by atoms with Gasteiger partial charge in [-0.25, -0.2) is 12.7 Å². The van der Waals surface area contributed by atoms with Gasteiger partial charge in [0.15, 0.2) is 0 Å². The van der Waals surface area contributed by atoms with Crippen molar-refractivity contribution in [3.8, 4) is 5.75 Å². The SMILES string of the molecule is CS(=O)(=O)N1CCC(CNC(=O)c2cccc(COc3ccccc3C(N)=O)c2)CC1. The topological polar surface area (TPSA) is 119 Å². The van der Waals surface area contributed by atoms with Crippen LogP contribution in [0.3, 0.4) is 0 Å². The van der Waals surface area contributed by atoms with Crippen LogP contribution in [0.1, 0.15) is 39.1 Å². The van der Waals surface area contributed by atoms with Gasteiger partial charge in [-0.1, -0.05) is 24.3 Å². The molecule has 0 unspecified atom stereocenters. The molecule has 0 atom stereocenters. The molecule has 0 aromatic heterocycles. The molecule has 0 bridgehead atoms. The zero-order chi connectivity index (χ0) is 22.4. The molecule has 31 heavy (non-hydrogen) atoms. The van der Waals surface area contributed by atoms with Crippen molar-refractivity contribution >= 4 is 21.8 Å². The number of hydrogen-bond donors (Lipinski definition) is 2. The van der Waals surface area contributed by atoms with Gasteiger partial charge in [0.05, 0.1) is 11.8 Å². The second-order valence-electron chi connectivity index (χ2n) is 7.66. The summed E-state index contributed by atoms with van der Waals surface area (Å²) in [6.45, 7) is 1.66. The van der Waals surface area contributed by atoms with Crippen LogP contribution in [0, 0.1) is 5.92 Å². The number of carbonyl (C=O) groups is 2. The summed E-state index contributed by atoms with van der Waals surface area (Å²) in [5.74, 6) is -0.111. The molecule has 2 aromatic carbocycles. The van der Waals surface area contributed by atoms with Gasteiger partial charge < -0.3 is 15.8 Å². The van der Waals surface area contributed by atoms with Gasteiger partial charge in [-0.15, -0.1) is 0 Å². The molecule has 1 heterocycles. The van der Waals surface area contributed by atoms with Crippen molar-refractivity contribution in [3.63, 3.8) is 0 Å². The van der Waals surface area contributed by atoms with Crippen molar-refractivity contribution in [1.82, 2.24) is 9.62 Å². The number of nitrogens with zero attached hydrogens (tertiary/aromatic N) is 1. The van der Waals surface area contributed by atoms with Crippen molar-refractivity contribution in [2.24, 2.45) is 11.7 Å².